The van der Waals surface area contributed by atoms with E-state index in [4.69, 9.17) is 65.2 Å². The van der Waals surface area contributed by atoms with Gasteiger partial charge in [0.05, 0.1) is 103 Å². The lowest BCUT2D eigenvalue weighted by atomic mass is 9.78. The second-order valence-corrected chi connectivity index (χ2v) is 52.9. The molecule has 8 bridgehead atoms. The molecule has 0 radical (unpaired) electrons. The molecule has 40 nitrogen and oxygen atoms in total. The van der Waals surface area contributed by atoms with Gasteiger partial charge in [0, 0.05) is 66.5 Å². The molecule has 24 unspecified atom stereocenters. The number of hydrogen-bond donors (Lipinski definition) is 0. The van der Waals surface area contributed by atoms with Crippen LogP contribution in [0, 0.1) is 102 Å². The summed E-state index contributed by atoms with van der Waals surface area (Å²) in [7, 11) is -26.7. The second-order valence-electron chi connectivity index (χ2n) is 29.4. The first-order valence-corrected chi connectivity index (χ1v) is 58.1. The Morgan fingerprint density at radius 1 is 0.341 bits per heavy atom. The van der Waals surface area contributed by atoms with Gasteiger partial charge < -0.3 is 75.1 Å². The molecule has 4 saturated carbocycles. The fourth-order valence-electron chi connectivity index (χ4n) is 17.3. The van der Waals surface area contributed by atoms with E-state index < -0.39 is 307 Å². The van der Waals surface area contributed by atoms with Crippen molar-refractivity contribution >= 4 is 391 Å². The van der Waals surface area contributed by atoms with E-state index in [1.54, 1.807) is 24.3 Å². The van der Waals surface area contributed by atoms with Crippen LogP contribution in [0.15, 0.2) is 48.5 Å². The average molecular weight is 3220 g/mol. The number of fused-ring (bicyclic) bond motifs is 4. The molecule has 688 valence electrons. The summed E-state index contributed by atoms with van der Waals surface area (Å²) >= 11 is 24.8. The van der Waals surface area contributed by atoms with Crippen LogP contribution < -0.4 is 0 Å². The van der Waals surface area contributed by atoms with Gasteiger partial charge in [-0.3, -0.25) is 37.1 Å². The predicted molar refractivity (Wildman–Crippen MR) is 514 cm³/mol. The number of ether oxygens (including phenoxy) is 12. The first-order valence-electron chi connectivity index (χ1n) is 35.9. The summed E-state index contributed by atoms with van der Waals surface area (Å²) in [6.07, 6.45) is -10.7. The Kier molecular flexibility index (Phi) is 33.0. The van der Waals surface area contributed by atoms with Crippen molar-refractivity contribution < 1.29 is 182 Å². The molecule has 8 aliphatic heterocycles. The molecule has 4 aromatic rings. The van der Waals surface area contributed by atoms with Gasteiger partial charge in [0.1, 0.15) is 110 Å². The molecule has 16 rings (SSSR count). The molecule has 126 heavy (non-hydrogen) atoms. The van der Waals surface area contributed by atoms with Crippen molar-refractivity contribution in [3.8, 4) is 0 Å². The van der Waals surface area contributed by atoms with Crippen LogP contribution in [-0.2, 0) is 155 Å². The number of carbonyl (C=O) groups is 10. The van der Waals surface area contributed by atoms with Crippen molar-refractivity contribution in [2.24, 2.45) is 59.2 Å². The first kappa shape index (κ1) is 103. The van der Waals surface area contributed by atoms with Gasteiger partial charge in [0.25, 0.3) is 20.2 Å². The predicted octanol–water partition coefficient (Wildman–Crippen LogP) is 5.06. The van der Waals surface area contributed by atoms with Crippen molar-refractivity contribution in [2.45, 2.75) is 96.6 Å². The topological polar surface area (TPSA) is 597 Å². The second kappa shape index (κ2) is 40.3. The summed E-state index contributed by atoms with van der Waals surface area (Å²) in [5.41, 5.74) is 1.31. The number of carbonyl (C=O) groups excluding carboxylic acids is 10. The van der Waals surface area contributed by atoms with Gasteiger partial charge >= 0.3 is 59.7 Å². The van der Waals surface area contributed by atoms with Gasteiger partial charge in [-0.05, 0) is 332 Å². The standard InChI is InChI=1S/C18H15I3O9S.C17H15I3O10S2.C17H13I3O10S.C16H13I3O11S2/c19-6-3-9(13(21)10(20)4-6)16(22)29-14-7-5-8-12(18(24)30-15(8)14)11(7)17(23)28-1-2-31(25,26)27;18-6-3-8(12(20)10(19)4-6)16(21)29-13-7-5-9-14(13)30-32(26,27)15(9)11(7)17(22)28-1-2-31(23,24)25;18-5-3-6(10(20)7(19)4-5)15(21)29-13-11-8(16(22)27-1-2-31(24,25)26)9-12(28-11)14(13)30-17(9)23;17-5-3-6(9(19)7(18)4-5)15(20)29-11-10-8(16(21)27-1-2-31(22,23)24)14-13(28-10)12(11)30-32(14,25)26/h3-4,7-8,11-12,14-15H,1-2,5H2,(H,25,26,27);3-4,7,9,11,13-15H,1-2,5H2,(H,23,24,25);3-4,8-9,11-14H,1-2H2,(H,24,25,26);3-4,8,10-14H,1-2H2,(H,22,23,24)/p-4. The van der Waals surface area contributed by atoms with E-state index in [1.807, 2.05) is 115 Å². The monoisotopic (exact) mass is 3220 g/mol. The van der Waals surface area contributed by atoms with Crippen molar-refractivity contribution in [1.29, 1.82) is 0 Å². The minimum Gasteiger partial charge on any atom is -0.748 e. The third-order valence-electron chi connectivity index (χ3n) is 22.1. The van der Waals surface area contributed by atoms with Crippen molar-refractivity contribution in [1.82, 2.24) is 0 Å². The van der Waals surface area contributed by atoms with Crippen LogP contribution in [0.25, 0.3) is 0 Å². The summed E-state index contributed by atoms with van der Waals surface area (Å²) in [6.45, 7) is -2.65. The molecule has 0 spiro atoms. The van der Waals surface area contributed by atoms with E-state index >= 15 is 0 Å². The zero-order valence-electron chi connectivity index (χ0n) is 61.9. The van der Waals surface area contributed by atoms with Crippen LogP contribution in [-0.4, -0.2) is 262 Å². The van der Waals surface area contributed by atoms with Gasteiger partial charge in [0.15, 0.2) is 18.3 Å². The van der Waals surface area contributed by atoms with E-state index in [-0.39, 0.29) is 17.9 Å². The molecular weight excluding hydrogens is 3170 g/mol. The zero-order chi connectivity index (χ0) is 92.5. The number of rotatable bonds is 24. The van der Waals surface area contributed by atoms with Crippen LogP contribution in [0.4, 0.5) is 0 Å². The van der Waals surface area contributed by atoms with Crippen LogP contribution in [0.5, 0.6) is 0 Å². The molecule has 8 saturated heterocycles. The molecule has 8 heterocycles. The molecule has 0 aromatic heterocycles. The Labute approximate surface area is 878 Å². The minimum absolute atomic E-state index is 0.266. The fraction of sp³-hybridized carbons (Fsp3) is 0.500. The highest BCUT2D eigenvalue weighted by atomic mass is 127. The number of benzene rings is 4. The van der Waals surface area contributed by atoms with Crippen LogP contribution in [0.1, 0.15) is 54.3 Å². The fourth-order valence-corrected chi connectivity index (χ4v) is 31.9. The molecule has 4 aromatic carbocycles. The highest BCUT2D eigenvalue weighted by Crippen LogP contribution is 2.61. The number of esters is 10. The SMILES string of the molecule is O=C(OC1C2CC3C1OC(=O)C3C2C(=O)OCCS(=O)(=O)[O-])c1cc(I)cc(I)c1I.O=C(OC1C2CC3C1OS(=O)(=O)C3C2C(=O)OCCS(=O)(=O)[O-])c1cc(I)cc(I)c1I.O=C(OC1C2OC(=O)C3C2OC1C3C(=O)OCCS(=O)(=O)[O-])c1cc(I)cc(I)c1I.O=C(OC1C2OS(=O)(=O)C3C2OC1C3C(=O)OCCS(=O)(=O)[O-])c1cc(I)cc(I)c1I. The zero-order valence-corrected chi connectivity index (χ0v) is 92.7. The summed E-state index contributed by atoms with van der Waals surface area (Å²) in [6, 6.07) is 14.2. The lowest BCUT2D eigenvalue weighted by molar-refractivity contribution is -0.155. The van der Waals surface area contributed by atoms with E-state index in [9.17, 15) is 117 Å². The molecule has 0 N–H and O–H groups in total. The smallest absolute Gasteiger partial charge is 0.339 e. The summed E-state index contributed by atoms with van der Waals surface area (Å²) < 4.78 is 263. The van der Waals surface area contributed by atoms with Gasteiger partial charge in [-0.15, -0.1) is 0 Å². The van der Waals surface area contributed by atoms with Gasteiger partial charge in [-0.1, -0.05) is 0 Å². The molecule has 4 aliphatic carbocycles. The Morgan fingerprint density at radius 3 is 1.06 bits per heavy atom. The lowest BCUT2D eigenvalue weighted by Crippen LogP contribution is -2.50. The number of halogens is 12. The first-order chi connectivity index (χ1) is 58.5. The van der Waals surface area contributed by atoms with Crippen LogP contribution >= 0.6 is 271 Å². The highest BCUT2D eigenvalue weighted by molar-refractivity contribution is 14.1. The molecule has 0 amide bonds. The largest absolute Gasteiger partial charge is 0.748 e. The van der Waals surface area contributed by atoms with E-state index in [2.05, 4.69) is 181 Å². The molecule has 12 aliphatic rings. The Balaban J connectivity index is 0.000000144. The highest BCUT2D eigenvalue weighted by Gasteiger charge is 2.76. The average Bonchev–Trinajstić information content (AvgIpc) is 1.55. The summed E-state index contributed by atoms with van der Waals surface area (Å²) in [4.78, 5) is 127. The van der Waals surface area contributed by atoms with Crippen LogP contribution in [0.3, 0.4) is 0 Å². The van der Waals surface area contributed by atoms with Crippen LogP contribution in [0.2, 0.25) is 0 Å². The third-order valence-corrected chi connectivity index (χ3v) is 43.0. The van der Waals surface area contributed by atoms with Gasteiger partial charge in [-0.2, -0.15) is 16.8 Å². The Hall–Kier alpha value is -0.280. The maximum absolute atomic E-state index is 12.9. The molecular formula is C68H52I12O40S6-4. The molecule has 58 heteroatoms. The van der Waals surface area contributed by atoms with Crippen molar-refractivity contribution in [3.05, 3.63) is 114 Å². The van der Waals surface area contributed by atoms with E-state index in [0.717, 1.165) is 32.1 Å². The third kappa shape index (κ3) is 22.2. The normalized spacial score (nSPS) is 31.5. The van der Waals surface area contributed by atoms with Gasteiger partial charge in [-0.25, -0.2) is 52.8 Å². The Morgan fingerprint density at radius 2 is 0.651 bits per heavy atom. The number of hydrogen-bond acceptors (Lipinski definition) is 40. The summed E-state index contributed by atoms with van der Waals surface area (Å²) in [5.74, 6) is -19.3. The molecule has 12 fully saturated rings. The van der Waals surface area contributed by atoms with Crippen molar-refractivity contribution in [3.63, 3.8) is 0 Å². The lowest BCUT2D eigenvalue weighted by Gasteiger charge is -2.30. The maximum atomic E-state index is 12.9. The maximum Gasteiger partial charge on any atom is 0.339 e. The van der Waals surface area contributed by atoms with E-state index in [0.29, 0.717) is 33.8 Å². The minimum atomic E-state index is -4.63. The molecule has 24 atom stereocenters. The summed E-state index contributed by atoms with van der Waals surface area (Å²) in [5, 5.41) is -2.52. The van der Waals surface area contributed by atoms with Gasteiger partial charge in [0.2, 0.25) is 0 Å². The quantitative estimate of drug-likeness (QED) is 0.0221. The Bertz CT molecular complexity index is 5620. The van der Waals surface area contributed by atoms with Crippen molar-refractivity contribution in [2.75, 3.05) is 49.4 Å². The van der Waals surface area contributed by atoms with E-state index in [1.165, 1.54) is 0 Å².